The van der Waals surface area contributed by atoms with E-state index in [1.807, 2.05) is 54.6 Å². The zero-order chi connectivity index (χ0) is 17.4. The van der Waals surface area contributed by atoms with Crippen molar-refractivity contribution in [3.8, 4) is 11.1 Å². The summed E-state index contributed by atoms with van der Waals surface area (Å²) < 4.78 is 0. The third-order valence-electron chi connectivity index (χ3n) is 3.60. The van der Waals surface area contributed by atoms with E-state index in [-0.39, 0.29) is 5.91 Å². The van der Waals surface area contributed by atoms with E-state index in [9.17, 15) is 4.79 Å². The van der Waals surface area contributed by atoms with E-state index in [0.29, 0.717) is 0 Å². The molecule has 0 unspecified atom stereocenters. The van der Waals surface area contributed by atoms with Crippen molar-refractivity contribution in [2.75, 3.05) is 5.32 Å². The molecule has 0 atom stereocenters. The van der Waals surface area contributed by atoms with E-state index in [0.717, 1.165) is 11.3 Å². The first-order valence-corrected chi connectivity index (χ1v) is 8.01. The summed E-state index contributed by atoms with van der Waals surface area (Å²) in [5.41, 5.74) is 5.79. The summed E-state index contributed by atoms with van der Waals surface area (Å²) in [7, 11) is 0. The zero-order valence-corrected chi connectivity index (χ0v) is 14.4. The molecule has 0 heterocycles. The molecule has 1 N–H and O–H groups in total. The van der Waals surface area contributed by atoms with Crippen LogP contribution in [-0.2, 0) is 4.79 Å². The first-order valence-electron chi connectivity index (χ1n) is 8.01. The minimum atomic E-state index is -0.0476. The molecule has 24 heavy (non-hydrogen) atoms. The van der Waals surface area contributed by atoms with E-state index < -0.39 is 0 Å². The molecular formula is C22H23NO. The van der Waals surface area contributed by atoms with Crippen molar-refractivity contribution in [3.05, 3.63) is 90.0 Å². The molecule has 3 aromatic rings. The number of nitrogens with one attached hydrogen (secondary N) is 1. The highest BCUT2D eigenvalue weighted by Crippen LogP contribution is 2.24. The van der Waals surface area contributed by atoms with Gasteiger partial charge >= 0.3 is 0 Å². The molecule has 0 aromatic heterocycles. The predicted molar refractivity (Wildman–Crippen MR) is 102 cm³/mol. The summed E-state index contributed by atoms with van der Waals surface area (Å²) >= 11 is 0. The Morgan fingerprint density at radius 1 is 0.750 bits per heavy atom. The fraction of sp³-hybridized carbons (Fsp3) is 0.136. The second-order valence-electron chi connectivity index (χ2n) is 5.73. The number of anilines is 1. The number of hydrogen-bond donors (Lipinski definition) is 1. The van der Waals surface area contributed by atoms with Gasteiger partial charge in [0.2, 0.25) is 5.91 Å². The molecule has 0 saturated carbocycles. The van der Waals surface area contributed by atoms with Crippen LogP contribution < -0.4 is 5.32 Å². The highest BCUT2D eigenvalue weighted by Gasteiger charge is 2.01. The van der Waals surface area contributed by atoms with Crippen LogP contribution in [0, 0.1) is 13.8 Å². The zero-order valence-electron chi connectivity index (χ0n) is 14.4. The first-order chi connectivity index (χ1) is 11.6. The lowest BCUT2D eigenvalue weighted by atomic mass is 10.0. The number of aryl methyl sites for hydroxylation is 2. The van der Waals surface area contributed by atoms with Crippen molar-refractivity contribution >= 4 is 11.6 Å². The van der Waals surface area contributed by atoms with Crippen LogP contribution in [0.1, 0.15) is 18.1 Å². The van der Waals surface area contributed by atoms with Crippen molar-refractivity contribution in [2.24, 2.45) is 0 Å². The van der Waals surface area contributed by atoms with Crippen LogP contribution in [0.5, 0.6) is 0 Å². The van der Waals surface area contributed by atoms with Gasteiger partial charge in [-0.15, -0.1) is 0 Å². The van der Waals surface area contributed by atoms with E-state index in [1.165, 1.54) is 23.6 Å². The molecule has 0 aliphatic rings. The van der Waals surface area contributed by atoms with E-state index in [1.54, 1.807) is 0 Å². The van der Waals surface area contributed by atoms with Crippen molar-refractivity contribution in [3.63, 3.8) is 0 Å². The quantitative estimate of drug-likeness (QED) is 0.653. The summed E-state index contributed by atoms with van der Waals surface area (Å²) in [5.74, 6) is -0.0476. The molecule has 0 spiro atoms. The molecular weight excluding hydrogens is 294 g/mol. The third kappa shape index (κ3) is 5.40. The minimum Gasteiger partial charge on any atom is -0.326 e. The van der Waals surface area contributed by atoms with Crippen molar-refractivity contribution in [1.29, 1.82) is 0 Å². The second kappa shape index (κ2) is 8.68. The Hall–Kier alpha value is -2.87. The van der Waals surface area contributed by atoms with E-state index in [2.05, 4.69) is 43.4 Å². The molecule has 0 fully saturated rings. The summed E-state index contributed by atoms with van der Waals surface area (Å²) in [5, 5.41) is 2.76. The lowest BCUT2D eigenvalue weighted by molar-refractivity contribution is -0.114. The molecule has 0 saturated heterocycles. The molecule has 3 rings (SSSR count). The maximum atomic E-state index is 10.9. The van der Waals surface area contributed by atoms with Crippen molar-refractivity contribution < 1.29 is 4.79 Å². The Kier molecular flexibility index (Phi) is 6.32. The van der Waals surface area contributed by atoms with Crippen LogP contribution in [0.25, 0.3) is 11.1 Å². The number of hydrogen-bond acceptors (Lipinski definition) is 1. The predicted octanol–water partition coefficient (Wildman–Crippen LogP) is 5.62. The molecule has 0 aliphatic heterocycles. The maximum Gasteiger partial charge on any atom is 0.221 e. The summed E-state index contributed by atoms with van der Waals surface area (Å²) in [4.78, 5) is 10.9. The highest BCUT2D eigenvalue weighted by molar-refractivity contribution is 5.89. The molecule has 122 valence electrons. The van der Waals surface area contributed by atoms with Gasteiger partial charge < -0.3 is 5.32 Å². The Labute approximate surface area is 144 Å². The first kappa shape index (κ1) is 17.5. The molecule has 0 bridgehead atoms. The number of rotatable bonds is 2. The SMILES string of the molecule is CC(=O)Nc1ccc(-c2ccccc2C)cc1.Cc1ccccc1. The summed E-state index contributed by atoms with van der Waals surface area (Å²) in [6.45, 7) is 5.69. The minimum absolute atomic E-state index is 0.0476. The lowest BCUT2D eigenvalue weighted by Crippen LogP contribution is -2.05. The van der Waals surface area contributed by atoms with Gasteiger partial charge in [0.15, 0.2) is 0 Å². The van der Waals surface area contributed by atoms with Gasteiger partial charge in [-0.3, -0.25) is 4.79 Å². The number of carbonyl (C=O) groups is 1. The Morgan fingerprint density at radius 2 is 1.33 bits per heavy atom. The van der Waals surface area contributed by atoms with Crippen LogP contribution in [0.4, 0.5) is 5.69 Å². The number of carbonyl (C=O) groups excluding carboxylic acids is 1. The third-order valence-corrected chi connectivity index (χ3v) is 3.60. The molecule has 0 radical (unpaired) electrons. The van der Waals surface area contributed by atoms with E-state index >= 15 is 0 Å². The number of benzene rings is 3. The molecule has 2 heteroatoms. The maximum absolute atomic E-state index is 10.9. The van der Waals surface area contributed by atoms with Crippen LogP contribution in [-0.4, -0.2) is 5.91 Å². The smallest absolute Gasteiger partial charge is 0.221 e. The van der Waals surface area contributed by atoms with Crippen LogP contribution in [0.2, 0.25) is 0 Å². The van der Waals surface area contributed by atoms with Gasteiger partial charge in [0.1, 0.15) is 0 Å². The van der Waals surface area contributed by atoms with Crippen molar-refractivity contribution in [1.82, 2.24) is 0 Å². The molecule has 0 aliphatic carbocycles. The van der Waals surface area contributed by atoms with Crippen LogP contribution in [0.3, 0.4) is 0 Å². The molecule has 1 amide bonds. The molecule has 3 aromatic carbocycles. The van der Waals surface area contributed by atoms with Gasteiger partial charge in [0.05, 0.1) is 0 Å². The topological polar surface area (TPSA) is 29.1 Å². The van der Waals surface area contributed by atoms with E-state index in [4.69, 9.17) is 0 Å². The van der Waals surface area contributed by atoms with Gasteiger partial charge in [-0.1, -0.05) is 72.3 Å². The van der Waals surface area contributed by atoms with Gasteiger partial charge in [-0.2, -0.15) is 0 Å². The average molecular weight is 317 g/mol. The van der Waals surface area contributed by atoms with Gasteiger partial charge in [-0.25, -0.2) is 0 Å². The van der Waals surface area contributed by atoms with Crippen molar-refractivity contribution in [2.45, 2.75) is 20.8 Å². The monoisotopic (exact) mass is 317 g/mol. The fourth-order valence-electron chi connectivity index (χ4n) is 2.37. The van der Waals surface area contributed by atoms with Crippen LogP contribution in [0.15, 0.2) is 78.9 Å². The Balaban J connectivity index is 0.000000249. The fourth-order valence-corrected chi connectivity index (χ4v) is 2.37. The average Bonchev–Trinajstić information content (AvgIpc) is 2.57. The van der Waals surface area contributed by atoms with Gasteiger partial charge in [0, 0.05) is 12.6 Å². The van der Waals surface area contributed by atoms with Gasteiger partial charge in [-0.05, 0) is 42.7 Å². The lowest BCUT2D eigenvalue weighted by Gasteiger charge is -2.07. The largest absolute Gasteiger partial charge is 0.326 e. The Bertz CT molecular complexity index is 777. The summed E-state index contributed by atoms with van der Waals surface area (Å²) in [6, 6.07) is 26.4. The molecule has 2 nitrogen and oxygen atoms in total. The standard InChI is InChI=1S/C15H15NO.C7H8/c1-11-5-3-4-6-15(11)13-7-9-14(10-8-13)16-12(2)17;1-7-5-3-2-4-6-7/h3-10H,1-2H3,(H,16,17);2-6H,1H3. The van der Waals surface area contributed by atoms with Gasteiger partial charge in [0.25, 0.3) is 0 Å². The normalized spacial score (nSPS) is 9.62. The summed E-state index contributed by atoms with van der Waals surface area (Å²) in [6.07, 6.45) is 0. The number of amides is 1. The second-order valence-corrected chi connectivity index (χ2v) is 5.73. The van der Waals surface area contributed by atoms with Crippen LogP contribution >= 0.6 is 0 Å². The Morgan fingerprint density at radius 3 is 1.83 bits per heavy atom. The highest BCUT2D eigenvalue weighted by atomic mass is 16.1.